The summed E-state index contributed by atoms with van der Waals surface area (Å²) < 4.78 is 11.0. The number of aliphatic hydroxyl groups is 1. The van der Waals surface area contributed by atoms with E-state index in [0.717, 1.165) is 6.42 Å². The fraction of sp³-hybridized carbons (Fsp3) is 0.786. The van der Waals surface area contributed by atoms with Gasteiger partial charge in [-0.3, -0.25) is 0 Å². The summed E-state index contributed by atoms with van der Waals surface area (Å²) in [6, 6.07) is 0. The molecule has 5 heteroatoms. The molecular weight excluding hydrogens is 248 g/mol. The molecule has 19 heavy (non-hydrogen) atoms. The Kier molecular flexibility index (Phi) is 6.31. The molecule has 1 rings (SSSR count). The number of rotatable bonds is 7. The summed E-state index contributed by atoms with van der Waals surface area (Å²) in [4.78, 5) is 11.1. The summed E-state index contributed by atoms with van der Waals surface area (Å²) in [5.74, 6) is -0.628. The highest BCUT2D eigenvalue weighted by Crippen LogP contribution is 2.36. The Hall–Kier alpha value is -1.07. The van der Waals surface area contributed by atoms with Crippen molar-refractivity contribution in [1.82, 2.24) is 0 Å². The lowest BCUT2D eigenvalue weighted by Gasteiger charge is -2.38. The molecule has 0 unspecified atom stereocenters. The monoisotopic (exact) mass is 272 g/mol. The second-order valence-electron chi connectivity index (χ2n) is 5.13. The molecule has 3 atom stereocenters. The van der Waals surface area contributed by atoms with Crippen LogP contribution in [0.25, 0.3) is 0 Å². The Bertz CT molecular complexity index is 324. The lowest BCUT2D eigenvalue weighted by Crippen LogP contribution is -2.39. The van der Waals surface area contributed by atoms with E-state index in [4.69, 9.17) is 19.7 Å². The summed E-state index contributed by atoms with van der Waals surface area (Å²) in [7, 11) is 0. The topological polar surface area (TPSA) is 76.0 Å². The first-order chi connectivity index (χ1) is 9.01. The van der Waals surface area contributed by atoms with Crippen molar-refractivity contribution in [2.75, 3.05) is 13.2 Å². The number of hydrogen-bond acceptors (Lipinski definition) is 4. The number of allylic oxidation sites excluding steroid dienone is 1. The van der Waals surface area contributed by atoms with Gasteiger partial charge in [-0.25, -0.2) is 4.79 Å². The third kappa shape index (κ3) is 4.21. The van der Waals surface area contributed by atoms with E-state index in [-0.39, 0.29) is 24.2 Å². The standard InChI is InChI=1S/C14H24O5/c1-4-18-14-10(6-5-7-15)11(9(2)3)8-12(19-14)13(16)17/h8-11,14-15H,4-7H2,1-3H3,(H,16,17)/t10-,11+,14+/m1/s1. The zero-order valence-corrected chi connectivity index (χ0v) is 11.8. The number of aliphatic hydroxyl groups excluding tert-OH is 1. The summed E-state index contributed by atoms with van der Waals surface area (Å²) in [5.41, 5.74) is 0. The number of carboxylic acid groups (broad SMARTS) is 1. The van der Waals surface area contributed by atoms with E-state index in [1.807, 2.05) is 6.92 Å². The fourth-order valence-electron chi connectivity index (χ4n) is 2.52. The molecule has 1 aliphatic rings. The van der Waals surface area contributed by atoms with Crippen molar-refractivity contribution in [3.05, 3.63) is 11.8 Å². The first-order valence-electron chi connectivity index (χ1n) is 6.85. The van der Waals surface area contributed by atoms with E-state index < -0.39 is 12.3 Å². The smallest absolute Gasteiger partial charge is 0.370 e. The quantitative estimate of drug-likeness (QED) is 0.741. The third-order valence-electron chi connectivity index (χ3n) is 3.44. The van der Waals surface area contributed by atoms with Gasteiger partial charge in [0.05, 0.1) is 0 Å². The SMILES string of the molecule is CCO[C@H]1OC(C(=O)O)=C[C@@H](C(C)C)[C@H]1CCCO. The molecule has 0 amide bonds. The second kappa shape index (κ2) is 7.50. The van der Waals surface area contributed by atoms with Crippen LogP contribution in [-0.4, -0.2) is 35.7 Å². The van der Waals surface area contributed by atoms with Crippen LogP contribution in [0, 0.1) is 17.8 Å². The Morgan fingerprint density at radius 2 is 2.21 bits per heavy atom. The maximum Gasteiger partial charge on any atom is 0.370 e. The molecule has 0 saturated carbocycles. The van der Waals surface area contributed by atoms with E-state index in [1.165, 1.54) is 0 Å². The van der Waals surface area contributed by atoms with Crippen LogP contribution < -0.4 is 0 Å². The molecule has 0 radical (unpaired) electrons. The van der Waals surface area contributed by atoms with Crippen LogP contribution in [0.1, 0.15) is 33.6 Å². The molecule has 2 N–H and O–H groups in total. The van der Waals surface area contributed by atoms with E-state index >= 15 is 0 Å². The molecule has 0 aliphatic carbocycles. The molecule has 0 aromatic heterocycles. The average molecular weight is 272 g/mol. The minimum atomic E-state index is -1.06. The van der Waals surface area contributed by atoms with Gasteiger partial charge in [-0.05, 0) is 37.7 Å². The predicted molar refractivity (Wildman–Crippen MR) is 70.4 cm³/mol. The largest absolute Gasteiger partial charge is 0.475 e. The van der Waals surface area contributed by atoms with Crippen molar-refractivity contribution in [3.8, 4) is 0 Å². The van der Waals surface area contributed by atoms with Crippen LogP contribution in [0.15, 0.2) is 11.8 Å². The Labute approximate surface area is 114 Å². The first-order valence-corrected chi connectivity index (χ1v) is 6.85. The van der Waals surface area contributed by atoms with Gasteiger partial charge in [-0.1, -0.05) is 13.8 Å². The van der Waals surface area contributed by atoms with Gasteiger partial charge in [0.15, 0.2) is 0 Å². The molecule has 0 saturated heterocycles. The van der Waals surface area contributed by atoms with Crippen LogP contribution >= 0.6 is 0 Å². The molecule has 0 aromatic rings. The van der Waals surface area contributed by atoms with Crippen molar-refractivity contribution in [2.24, 2.45) is 17.8 Å². The lowest BCUT2D eigenvalue weighted by atomic mass is 9.78. The van der Waals surface area contributed by atoms with E-state index in [1.54, 1.807) is 6.08 Å². The number of ether oxygens (including phenoxy) is 2. The van der Waals surface area contributed by atoms with Crippen molar-refractivity contribution in [1.29, 1.82) is 0 Å². The molecular formula is C14H24O5. The number of aliphatic carboxylic acids is 1. The maximum atomic E-state index is 11.1. The highest BCUT2D eigenvalue weighted by Gasteiger charge is 2.38. The van der Waals surface area contributed by atoms with Crippen LogP contribution in [-0.2, 0) is 14.3 Å². The minimum absolute atomic E-state index is 0.0302. The van der Waals surface area contributed by atoms with E-state index in [0.29, 0.717) is 18.9 Å². The zero-order valence-electron chi connectivity index (χ0n) is 11.8. The molecule has 1 heterocycles. The first kappa shape index (κ1) is 16.0. The molecule has 1 aliphatic heterocycles. The van der Waals surface area contributed by atoms with Crippen molar-refractivity contribution in [3.63, 3.8) is 0 Å². The van der Waals surface area contributed by atoms with Gasteiger partial charge in [0, 0.05) is 19.1 Å². The number of carbonyl (C=O) groups is 1. The second-order valence-corrected chi connectivity index (χ2v) is 5.13. The number of hydrogen-bond donors (Lipinski definition) is 2. The molecule has 0 spiro atoms. The van der Waals surface area contributed by atoms with Crippen LogP contribution in [0.4, 0.5) is 0 Å². The van der Waals surface area contributed by atoms with Crippen molar-refractivity contribution >= 4 is 5.97 Å². The van der Waals surface area contributed by atoms with Crippen LogP contribution in [0.3, 0.4) is 0 Å². The lowest BCUT2D eigenvalue weighted by molar-refractivity contribution is -0.180. The molecule has 0 fully saturated rings. The van der Waals surface area contributed by atoms with Crippen molar-refractivity contribution in [2.45, 2.75) is 39.9 Å². The van der Waals surface area contributed by atoms with Gasteiger partial charge < -0.3 is 19.7 Å². The van der Waals surface area contributed by atoms with Gasteiger partial charge in [0.25, 0.3) is 0 Å². The van der Waals surface area contributed by atoms with Crippen LogP contribution in [0.2, 0.25) is 0 Å². The van der Waals surface area contributed by atoms with E-state index in [9.17, 15) is 4.79 Å². The normalized spacial score (nSPS) is 27.0. The maximum absolute atomic E-state index is 11.1. The summed E-state index contributed by atoms with van der Waals surface area (Å²) >= 11 is 0. The molecule has 5 nitrogen and oxygen atoms in total. The van der Waals surface area contributed by atoms with Gasteiger partial charge in [-0.2, -0.15) is 0 Å². The summed E-state index contributed by atoms with van der Waals surface area (Å²) in [6.45, 7) is 6.56. The highest BCUT2D eigenvalue weighted by molar-refractivity contribution is 5.84. The summed E-state index contributed by atoms with van der Waals surface area (Å²) in [6.07, 6.45) is 2.56. The molecule has 0 bridgehead atoms. The third-order valence-corrected chi connectivity index (χ3v) is 3.44. The average Bonchev–Trinajstić information content (AvgIpc) is 2.36. The zero-order chi connectivity index (χ0) is 14.4. The van der Waals surface area contributed by atoms with Crippen molar-refractivity contribution < 1.29 is 24.5 Å². The Balaban J connectivity index is 2.95. The highest BCUT2D eigenvalue weighted by atomic mass is 16.7. The Morgan fingerprint density at radius 1 is 1.53 bits per heavy atom. The molecule has 110 valence electrons. The van der Waals surface area contributed by atoms with Gasteiger partial charge in [0.2, 0.25) is 12.0 Å². The molecule has 0 aromatic carbocycles. The predicted octanol–water partition coefficient (Wildman–Crippen LogP) is 2.01. The van der Waals surface area contributed by atoms with Crippen LogP contribution in [0.5, 0.6) is 0 Å². The van der Waals surface area contributed by atoms with Gasteiger partial charge >= 0.3 is 5.97 Å². The minimum Gasteiger partial charge on any atom is -0.475 e. The fourth-order valence-corrected chi connectivity index (χ4v) is 2.52. The van der Waals surface area contributed by atoms with E-state index in [2.05, 4.69) is 13.8 Å². The van der Waals surface area contributed by atoms with Gasteiger partial charge in [0.1, 0.15) is 0 Å². The number of carboxylic acids is 1. The van der Waals surface area contributed by atoms with Gasteiger partial charge in [-0.15, -0.1) is 0 Å². The Morgan fingerprint density at radius 3 is 2.68 bits per heavy atom. The summed E-state index contributed by atoms with van der Waals surface area (Å²) in [5, 5.41) is 18.1.